The summed E-state index contributed by atoms with van der Waals surface area (Å²) in [6.07, 6.45) is 3.20. The highest BCUT2D eigenvalue weighted by Crippen LogP contribution is 2.30. The standard InChI is InChI=1S/C23H29N3O4/c1-25(2)18-12-11-16(15-17(18)23(28)26-13-6-5-7-14-26)24-22(27)21-19(29-3)9-8-10-20(21)30-4/h8-12,15H,5-7,13-14H2,1-4H3,(H,24,27). The molecule has 1 fully saturated rings. The Morgan fingerprint density at radius 1 is 0.967 bits per heavy atom. The zero-order valence-electron chi connectivity index (χ0n) is 18.0. The summed E-state index contributed by atoms with van der Waals surface area (Å²) in [5.41, 5.74) is 2.24. The molecule has 1 saturated heterocycles. The smallest absolute Gasteiger partial charge is 0.263 e. The van der Waals surface area contributed by atoms with E-state index in [0.29, 0.717) is 28.3 Å². The summed E-state index contributed by atoms with van der Waals surface area (Å²) in [5, 5.41) is 2.88. The van der Waals surface area contributed by atoms with E-state index in [4.69, 9.17) is 9.47 Å². The van der Waals surface area contributed by atoms with Crippen molar-refractivity contribution in [1.82, 2.24) is 4.90 Å². The Labute approximate surface area is 177 Å². The second-order valence-electron chi connectivity index (χ2n) is 7.47. The zero-order valence-corrected chi connectivity index (χ0v) is 18.0. The maximum Gasteiger partial charge on any atom is 0.263 e. The lowest BCUT2D eigenvalue weighted by Gasteiger charge is -2.28. The van der Waals surface area contributed by atoms with E-state index in [1.54, 1.807) is 30.3 Å². The molecule has 0 radical (unpaired) electrons. The number of anilines is 2. The lowest BCUT2D eigenvalue weighted by molar-refractivity contribution is 0.0724. The molecular weight excluding hydrogens is 382 g/mol. The molecule has 1 heterocycles. The fourth-order valence-electron chi connectivity index (χ4n) is 3.71. The third-order valence-corrected chi connectivity index (χ3v) is 5.26. The summed E-state index contributed by atoms with van der Waals surface area (Å²) in [6, 6.07) is 10.6. The minimum atomic E-state index is -0.363. The van der Waals surface area contributed by atoms with Crippen molar-refractivity contribution in [1.29, 1.82) is 0 Å². The van der Waals surface area contributed by atoms with Gasteiger partial charge in [-0.1, -0.05) is 6.07 Å². The van der Waals surface area contributed by atoms with E-state index >= 15 is 0 Å². The lowest BCUT2D eigenvalue weighted by atomic mass is 10.1. The number of methoxy groups -OCH3 is 2. The first kappa shape index (κ1) is 21.5. The van der Waals surface area contributed by atoms with Gasteiger partial charge in [0.05, 0.1) is 19.8 Å². The monoisotopic (exact) mass is 411 g/mol. The van der Waals surface area contributed by atoms with Crippen molar-refractivity contribution in [2.45, 2.75) is 19.3 Å². The highest BCUT2D eigenvalue weighted by Gasteiger charge is 2.23. The maximum atomic E-state index is 13.2. The van der Waals surface area contributed by atoms with Gasteiger partial charge in [-0.25, -0.2) is 0 Å². The number of rotatable bonds is 6. The van der Waals surface area contributed by atoms with E-state index in [1.807, 2.05) is 30.0 Å². The number of amides is 2. The summed E-state index contributed by atoms with van der Waals surface area (Å²) in [7, 11) is 6.82. The fourth-order valence-corrected chi connectivity index (χ4v) is 3.71. The minimum Gasteiger partial charge on any atom is -0.496 e. The van der Waals surface area contributed by atoms with E-state index in [1.165, 1.54) is 14.2 Å². The van der Waals surface area contributed by atoms with Gasteiger partial charge in [-0.2, -0.15) is 0 Å². The molecule has 0 aromatic heterocycles. The second kappa shape index (κ2) is 9.52. The summed E-state index contributed by atoms with van der Waals surface area (Å²) in [6.45, 7) is 1.53. The maximum absolute atomic E-state index is 13.2. The molecule has 160 valence electrons. The van der Waals surface area contributed by atoms with E-state index in [9.17, 15) is 9.59 Å². The van der Waals surface area contributed by atoms with Gasteiger partial charge in [-0.05, 0) is 49.6 Å². The molecule has 30 heavy (non-hydrogen) atoms. The molecule has 1 N–H and O–H groups in total. The number of nitrogens with one attached hydrogen (secondary N) is 1. The van der Waals surface area contributed by atoms with Gasteiger partial charge in [0.25, 0.3) is 11.8 Å². The van der Waals surface area contributed by atoms with Gasteiger partial charge in [0.1, 0.15) is 17.1 Å². The normalized spacial score (nSPS) is 13.5. The minimum absolute atomic E-state index is 0.00984. The predicted molar refractivity (Wildman–Crippen MR) is 118 cm³/mol. The first-order valence-electron chi connectivity index (χ1n) is 10.1. The van der Waals surface area contributed by atoms with Crippen LogP contribution in [0.15, 0.2) is 36.4 Å². The Bertz CT molecular complexity index is 898. The van der Waals surface area contributed by atoms with Gasteiger partial charge in [0, 0.05) is 38.6 Å². The quantitative estimate of drug-likeness (QED) is 0.786. The summed E-state index contributed by atoms with van der Waals surface area (Å²) in [4.78, 5) is 30.0. The Morgan fingerprint density at radius 2 is 1.60 bits per heavy atom. The van der Waals surface area contributed by atoms with Gasteiger partial charge in [0.15, 0.2) is 0 Å². The summed E-state index contributed by atoms with van der Waals surface area (Å²) in [5.74, 6) is 0.463. The van der Waals surface area contributed by atoms with Gasteiger partial charge in [-0.3, -0.25) is 9.59 Å². The molecule has 0 aliphatic carbocycles. The van der Waals surface area contributed by atoms with Crippen molar-refractivity contribution in [3.8, 4) is 11.5 Å². The van der Waals surface area contributed by atoms with Crippen molar-refractivity contribution in [3.63, 3.8) is 0 Å². The topological polar surface area (TPSA) is 71.1 Å². The van der Waals surface area contributed by atoms with Gasteiger partial charge in [0.2, 0.25) is 0 Å². The van der Waals surface area contributed by atoms with E-state index in [2.05, 4.69) is 5.32 Å². The van der Waals surface area contributed by atoms with Gasteiger partial charge in [-0.15, -0.1) is 0 Å². The Morgan fingerprint density at radius 3 is 2.17 bits per heavy atom. The highest BCUT2D eigenvalue weighted by atomic mass is 16.5. The van der Waals surface area contributed by atoms with Crippen LogP contribution in [0.25, 0.3) is 0 Å². The van der Waals surface area contributed by atoms with Crippen LogP contribution >= 0.6 is 0 Å². The molecule has 0 saturated carbocycles. The molecule has 2 aromatic carbocycles. The average molecular weight is 412 g/mol. The third kappa shape index (κ3) is 4.50. The number of nitrogens with zero attached hydrogens (tertiary/aromatic N) is 2. The number of hydrogen-bond donors (Lipinski definition) is 1. The molecule has 2 aromatic rings. The van der Waals surface area contributed by atoms with E-state index in [-0.39, 0.29) is 11.8 Å². The highest BCUT2D eigenvalue weighted by molar-refractivity contribution is 6.09. The van der Waals surface area contributed by atoms with Gasteiger partial charge >= 0.3 is 0 Å². The van der Waals surface area contributed by atoms with Crippen LogP contribution in [0, 0.1) is 0 Å². The number of carbonyl (C=O) groups is 2. The van der Waals surface area contributed by atoms with Gasteiger partial charge < -0.3 is 24.6 Å². The van der Waals surface area contributed by atoms with Crippen LogP contribution in [0.1, 0.15) is 40.0 Å². The van der Waals surface area contributed by atoms with Crippen LogP contribution in [0.5, 0.6) is 11.5 Å². The SMILES string of the molecule is COc1cccc(OC)c1C(=O)Nc1ccc(N(C)C)c(C(=O)N2CCCCC2)c1. The Kier molecular flexibility index (Phi) is 6.82. The summed E-state index contributed by atoms with van der Waals surface area (Å²) < 4.78 is 10.7. The molecule has 2 amide bonds. The molecular formula is C23H29N3O4. The van der Waals surface area contributed by atoms with Crippen molar-refractivity contribution >= 4 is 23.2 Å². The Balaban J connectivity index is 1.92. The van der Waals surface area contributed by atoms with Crippen LogP contribution < -0.4 is 19.7 Å². The fraction of sp³-hybridized carbons (Fsp3) is 0.391. The van der Waals surface area contributed by atoms with Crippen LogP contribution in [0.2, 0.25) is 0 Å². The number of hydrogen-bond acceptors (Lipinski definition) is 5. The number of benzene rings is 2. The molecule has 0 spiro atoms. The number of piperidine rings is 1. The summed E-state index contributed by atoms with van der Waals surface area (Å²) >= 11 is 0. The van der Waals surface area contributed by atoms with Crippen molar-refractivity contribution in [2.24, 2.45) is 0 Å². The first-order valence-corrected chi connectivity index (χ1v) is 10.1. The molecule has 1 aliphatic heterocycles. The lowest BCUT2D eigenvalue weighted by Crippen LogP contribution is -2.36. The van der Waals surface area contributed by atoms with Crippen LogP contribution in [-0.2, 0) is 0 Å². The first-order chi connectivity index (χ1) is 14.5. The molecule has 0 atom stereocenters. The van der Waals surface area contributed by atoms with E-state index in [0.717, 1.165) is 38.0 Å². The van der Waals surface area contributed by atoms with Crippen molar-refractivity contribution in [3.05, 3.63) is 47.5 Å². The number of likely N-dealkylation sites (tertiary alicyclic amines) is 1. The molecule has 1 aliphatic rings. The van der Waals surface area contributed by atoms with E-state index < -0.39 is 0 Å². The molecule has 0 unspecified atom stereocenters. The molecule has 7 nitrogen and oxygen atoms in total. The molecule has 3 rings (SSSR count). The number of carbonyl (C=O) groups excluding carboxylic acids is 2. The van der Waals surface area contributed by atoms with Crippen LogP contribution in [-0.4, -0.2) is 58.1 Å². The number of ether oxygens (including phenoxy) is 2. The molecule has 7 heteroatoms. The third-order valence-electron chi connectivity index (χ3n) is 5.26. The van der Waals surface area contributed by atoms with Crippen molar-refractivity contribution < 1.29 is 19.1 Å². The Hall–Kier alpha value is -3.22. The second-order valence-corrected chi connectivity index (χ2v) is 7.47. The average Bonchev–Trinajstić information content (AvgIpc) is 2.78. The van der Waals surface area contributed by atoms with Crippen LogP contribution in [0.3, 0.4) is 0 Å². The predicted octanol–water partition coefficient (Wildman–Crippen LogP) is 3.65. The molecule has 0 bridgehead atoms. The van der Waals surface area contributed by atoms with Crippen LogP contribution in [0.4, 0.5) is 11.4 Å². The van der Waals surface area contributed by atoms with Crippen molar-refractivity contribution in [2.75, 3.05) is 51.6 Å². The largest absolute Gasteiger partial charge is 0.496 e. The zero-order chi connectivity index (χ0) is 21.7.